The Hall–Kier alpha value is -7.86. The van der Waals surface area contributed by atoms with Crippen molar-refractivity contribution in [3.63, 3.8) is 0 Å². The normalized spacial score (nSPS) is 19.6. The third-order valence-electron chi connectivity index (χ3n) is 28.4. The van der Waals surface area contributed by atoms with Crippen LogP contribution in [0.2, 0.25) is 5.02 Å². The fourth-order valence-corrected chi connectivity index (χ4v) is 20.0. The number of aryl methyl sites for hydroxylation is 6. The number of piperidine rings is 1. The first kappa shape index (κ1) is 108. The molecule has 0 bridgehead atoms. The van der Waals surface area contributed by atoms with E-state index >= 15 is 0 Å². The zero-order valence-corrected chi connectivity index (χ0v) is 87.1. The summed E-state index contributed by atoms with van der Waals surface area (Å²) in [5, 5.41) is 0.818. The number of hydrogen-bond acceptors (Lipinski definition) is 14. The van der Waals surface area contributed by atoms with Crippen LogP contribution in [-0.4, -0.2) is 136 Å². The Kier molecular flexibility index (Phi) is 42.8. The number of ether oxygens (including phenoxy) is 1. The van der Waals surface area contributed by atoms with Gasteiger partial charge in [-0.25, -0.2) is 4.39 Å². The molecular weight excluding hydrogens is 1650 g/mol. The van der Waals surface area contributed by atoms with E-state index in [1.807, 2.05) is 32.0 Å². The van der Waals surface area contributed by atoms with E-state index in [-0.39, 0.29) is 11.7 Å². The topological polar surface area (TPSA) is 188 Å². The van der Waals surface area contributed by atoms with Crippen LogP contribution in [0.1, 0.15) is 314 Å². The highest BCUT2D eigenvalue weighted by molar-refractivity contribution is 6.31. The maximum Gasteiger partial charge on any atom is 0.128 e. The highest BCUT2D eigenvalue weighted by atomic mass is 35.5. The summed E-state index contributed by atoms with van der Waals surface area (Å²) in [5.41, 5.74) is 63.5. The van der Waals surface area contributed by atoms with Crippen LogP contribution >= 0.6 is 11.6 Å². The second kappa shape index (κ2) is 52.5. The Morgan fingerprint density at radius 3 is 0.811 bits per heavy atom. The average molecular weight is 1830 g/mol. The van der Waals surface area contributed by atoms with Gasteiger partial charge in [0.1, 0.15) is 11.6 Å². The first-order valence-corrected chi connectivity index (χ1v) is 51.7. The van der Waals surface area contributed by atoms with Crippen molar-refractivity contribution in [2.75, 3.05) is 152 Å². The molecule has 3 unspecified atom stereocenters. The van der Waals surface area contributed by atoms with Gasteiger partial charge < -0.3 is 73.4 Å². The summed E-state index contributed by atoms with van der Waals surface area (Å²) in [7, 11) is 0. The molecule has 1 saturated carbocycles. The molecule has 7 saturated heterocycles. The van der Waals surface area contributed by atoms with E-state index in [9.17, 15) is 4.39 Å². The molecule has 12 N–H and O–H groups in total. The van der Waals surface area contributed by atoms with Gasteiger partial charge in [0.2, 0.25) is 0 Å². The Morgan fingerprint density at radius 1 is 0.295 bits per heavy atom. The number of rotatable bonds is 22. The van der Waals surface area contributed by atoms with Crippen molar-refractivity contribution in [2.45, 2.75) is 295 Å². The number of nitrogens with zero attached hydrogens (tertiary/aromatic N) is 7. The molecule has 7 aliphatic heterocycles. The van der Waals surface area contributed by atoms with E-state index in [0.29, 0.717) is 83.3 Å². The highest BCUT2D eigenvalue weighted by Gasteiger charge is 2.31. The lowest BCUT2D eigenvalue weighted by atomic mass is 9.96. The van der Waals surface area contributed by atoms with Gasteiger partial charge in [-0.05, 0) is 347 Å². The molecule has 0 aromatic heterocycles. The quantitative estimate of drug-likeness (QED) is 0.0376. The Labute approximate surface area is 807 Å². The van der Waals surface area contributed by atoms with Crippen molar-refractivity contribution in [2.24, 2.45) is 64.0 Å². The zero-order chi connectivity index (χ0) is 96.3. The molecule has 0 radical (unpaired) electrons. The lowest BCUT2D eigenvalue weighted by Crippen LogP contribution is -2.40. The van der Waals surface area contributed by atoms with Crippen LogP contribution < -0.4 is 73.4 Å². The first-order valence-electron chi connectivity index (χ1n) is 51.3. The lowest BCUT2D eigenvalue weighted by Gasteiger charge is -2.34. The van der Waals surface area contributed by atoms with Crippen LogP contribution in [-0.2, 0) is 0 Å². The predicted octanol–water partition coefficient (Wildman–Crippen LogP) is 25.5. The third kappa shape index (κ3) is 31.9. The Bertz CT molecular complexity index is 4390. The van der Waals surface area contributed by atoms with E-state index < -0.39 is 0 Å². The minimum Gasteiger partial charge on any atom is -0.490 e. The number of benzene rings is 8. The molecule has 7 heterocycles. The number of nitrogens with two attached hydrogens (primary N) is 6. The maximum absolute atomic E-state index is 13.9. The fourth-order valence-electron chi connectivity index (χ4n) is 19.6. The molecule has 1 aliphatic carbocycles. The molecule has 8 aromatic carbocycles. The zero-order valence-electron chi connectivity index (χ0n) is 86.4. The molecule has 728 valence electrons. The number of halogens is 2. The average Bonchev–Trinajstić information content (AvgIpc) is 1.69. The van der Waals surface area contributed by atoms with Gasteiger partial charge in [-0.15, -0.1) is 0 Å². The van der Waals surface area contributed by atoms with Gasteiger partial charge in [0, 0.05) is 149 Å². The minimum absolute atomic E-state index is 0.0579. The molecule has 0 spiro atoms. The van der Waals surface area contributed by atoms with Gasteiger partial charge in [-0.2, -0.15) is 0 Å². The van der Waals surface area contributed by atoms with Crippen molar-refractivity contribution in [1.29, 1.82) is 0 Å². The van der Waals surface area contributed by atoms with Gasteiger partial charge in [0.15, 0.2) is 0 Å². The maximum atomic E-state index is 13.9. The van der Waals surface area contributed by atoms with Gasteiger partial charge in [-0.1, -0.05) is 221 Å². The summed E-state index contributed by atoms with van der Waals surface area (Å²) in [5.74, 6) is 8.56. The number of anilines is 7. The number of hydrogen-bond donors (Lipinski definition) is 6. The molecule has 8 aliphatic rings. The molecule has 8 aromatic rings. The summed E-state index contributed by atoms with van der Waals surface area (Å²) in [6.45, 7) is 69.6. The second-order valence-corrected chi connectivity index (χ2v) is 42.9. The largest absolute Gasteiger partial charge is 0.490 e. The van der Waals surface area contributed by atoms with E-state index in [2.05, 4.69) is 301 Å². The van der Waals surface area contributed by atoms with Crippen molar-refractivity contribution < 1.29 is 9.13 Å². The SMILES string of the molecule is CC(C)c1ccc(OC2CC2)cc1Cl.CCC1CCN(c2ccc(C(C)C)c(F)c2)C1.Cc1ccc(C(C)C)c(N2CCC(CN)C2)c1.Cc1ccc(C(C)C)c(N2CCC(CN)C2)c1.Cc1ccc(C(C)C)c(N2CCC(N)CC2)c1.Cc1ccc(C(C)C)c(N2CC[C@@H](CN)C2)c1.Cc1ccc(C(C)C)c(N2CC[C@H](CN)C2)c1.Cc1ccc(C(C)C)c(N2CC[C@H](N)C2)c1. The smallest absolute Gasteiger partial charge is 0.128 e. The highest BCUT2D eigenvalue weighted by Crippen LogP contribution is 2.41. The van der Waals surface area contributed by atoms with Crippen molar-refractivity contribution in [1.82, 2.24) is 0 Å². The molecule has 0 amide bonds. The molecular formula is C116H179ClFN13O. The third-order valence-corrected chi connectivity index (χ3v) is 28.7. The fraction of sp³-hybridized carbons (Fsp3) is 0.586. The van der Waals surface area contributed by atoms with Crippen LogP contribution in [0.25, 0.3) is 0 Å². The van der Waals surface area contributed by atoms with Crippen LogP contribution in [0.3, 0.4) is 0 Å². The van der Waals surface area contributed by atoms with Gasteiger partial charge in [0.25, 0.3) is 0 Å². The lowest BCUT2D eigenvalue weighted by molar-refractivity contribution is 0.303. The van der Waals surface area contributed by atoms with Crippen LogP contribution in [0.15, 0.2) is 146 Å². The Morgan fingerprint density at radius 2 is 0.553 bits per heavy atom. The molecule has 14 nitrogen and oxygen atoms in total. The Balaban J connectivity index is 0.000000170. The molecule has 8 fully saturated rings. The summed E-state index contributed by atoms with van der Waals surface area (Å²) >= 11 is 6.15. The van der Waals surface area contributed by atoms with Crippen molar-refractivity contribution in [3.05, 3.63) is 234 Å². The molecule has 132 heavy (non-hydrogen) atoms. The van der Waals surface area contributed by atoms with E-state index in [4.69, 9.17) is 50.7 Å². The van der Waals surface area contributed by atoms with Crippen LogP contribution in [0.4, 0.5) is 44.2 Å². The van der Waals surface area contributed by atoms with Crippen molar-refractivity contribution in [3.8, 4) is 5.75 Å². The van der Waals surface area contributed by atoms with Gasteiger partial charge >= 0.3 is 0 Å². The summed E-state index contributed by atoms with van der Waals surface area (Å²) < 4.78 is 19.6. The molecule has 16 rings (SSSR count). The monoisotopic (exact) mass is 1820 g/mol. The predicted molar refractivity (Wildman–Crippen MR) is 574 cm³/mol. The molecule has 6 atom stereocenters. The van der Waals surface area contributed by atoms with Gasteiger partial charge in [-0.3, -0.25) is 0 Å². The van der Waals surface area contributed by atoms with Crippen LogP contribution in [0.5, 0.6) is 5.75 Å². The summed E-state index contributed by atoms with van der Waals surface area (Å²) in [4.78, 5) is 17.3. The standard InChI is InChI=1S/C15H22FN.5C15H24N2.C14H22N2.C12H15ClO/c1-4-12-7-8-17(10-12)13-5-6-14(11(2)3)15(16)9-13;1-11(2)14-5-4-12(3)10-15(14)17-8-6-13(16)7-9-17;4*1-11(2)14-5-4-12(3)8-15(14)17-7-6-13(9-16)10-17;1-10(2)13-5-4-11(3)8-14(13)16-7-6-12(15)9-16;1-8(2)11-6-5-10(7-12(11)13)14-9-3-4-9/h5-6,9,11-12H,4,7-8,10H2,1-3H3;4-5,10-11,13H,6-9,16H2,1-3H3;4*4-5,8,11,13H,6-7,9-10,16H2,1-3H3;4-5,8,10,12H,6-7,9,15H2,1-3H3;5-9H,3-4H2,1-2H3/t;;2*13-;;;12-;/m..10..0./s1. The van der Waals surface area contributed by atoms with Crippen LogP contribution in [0, 0.1) is 76.9 Å². The summed E-state index contributed by atoms with van der Waals surface area (Å²) in [6.07, 6.45) is 13.6. The second-order valence-electron chi connectivity index (χ2n) is 42.5. The van der Waals surface area contributed by atoms with Gasteiger partial charge in [0.05, 0.1) is 6.10 Å². The minimum atomic E-state index is -0.0579. The van der Waals surface area contributed by atoms with E-state index in [0.717, 1.165) is 165 Å². The van der Waals surface area contributed by atoms with E-state index in [1.165, 1.54) is 158 Å². The van der Waals surface area contributed by atoms with Crippen molar-refractivity contribution >= 4 is 51.4 Å². The van der Waals surface area contributed by atoms with E-state index in [1.54, 1.807) is 6.07 Å². The molecule has 16 heteroatoms. The summed E-state index contributed by atoms with van der Waals surface area (Å²) in [6, 6.07) is 53.4. The first-order chi connectivity index (χ1) is 62.9.